The fourth-order valence-electron chi connectivity index (χ4n) is 0.677. The van der Waals surface area contributed by atoms with Gasteiger partial charge in [-0.2, -0.15) is 0 Å². The van der Waals surface area contributed by atoms with Gasteiger partial charge >= 0.3 is 5.97 Å². The Morgan fingerprint density at radius 3 is 2.31 bits per heavy atom. The van der Waals surface area contributed by atoms with Gasteiger partial charge in [0.15, 0.2) is 0 Å². The predicted molar refractivity (Wildman–Crippen MR) is 51.5 cm³/mol. The average molecular weight is 188 g/mol. The molecular weight excluding hydrogens is 168 g/mol. The van der Waals surface area contributed by atoms with Gasteiger partial charge in [0.1, 0.15) is 6.61 Å². The number of carbonyl (C=O) groups excluding carboxylic acids is 1. The van der Waals surface area contributed by atoms with E-state index in [4.69, 9.17) is 9.47 Å². The van der Waals surface area contributed by atoms with Crippen LogP contribution in [0.15, 0.2) is 0 Å². The maximum Gasteiger partial charge on any atom is 0.311 e. The number of ether oxygens (including phenoxy) is 2. The van der Waals surface area contributed by atoms with Gasteiger partial charge in [-0.15, -0.1) is 0 Å². The molecule has 0 spiro atoms. The topological polar surface area (TPSA) is 35.5 Å². The maximum atomic E-state index is 11.4. The average Bonchev–Trinajstić information content (AvgIpc) is 2.12. The van der Waals surface area contributed by atoms with Gasteiger partial charge < -0.3 is 9.47 Å². The summed E-state index contributed by atoms with van der Waals surface area (Å²) in [5.74, 6) is -0.144. The Morgan fingerprint density at radius 2 is 1.85 bits per heavy atom. The van der Waals surface area contributed by atoms with Crippen LogP contribution in [-0.2, 0) is 14.3 Å². The van der Waals surface area contributed by atoms with E-state index in [-0.39, 0.29) is 11.4 Å². The van der Waals surface area contributed by atoms with Gasteiger partial charge in [-0.25, -0.2) is 0 Å². The smallest absolute Gasteiger partial charge is 0.311 e. The minimum absolute atomic E-state index is 0.144. The minimum Gasteiger partial charge on any atom is -0.463 e. The van der Waals surface area contributed by atoms with Crippen molar-refractivity contribution in [1.29, 1.82) is 0 Å². The number of carbonyl (C=O) groups is 1. The molecule has 0 aromatic rings. The second-order valence-electron chi connectivity index (χ2n) is 3.57. The lowest BCUT2D eigenvalue weighted by Crippen LogP contribution is -2.26. The zero-order chi connectivity index (χ0) is 10.3. The molecule has 0 saturated carbocycles. The summed E-state index contributed by atoms with van der Waals surface area (Å²) in [6.45, 7) is 9.17. The summed E-state index contributed by atoms with van der Waals surface area (Å²) in [5, 5.41) is 0. The highest BCUT2D eigenvalue weighted by atomic mass is 16.6. The van der Waals surface area contributed by atoms with Gasteiger partial charge in [-0.05, 0) is 27.2 Å². The molecule has 0 aliphatic heterocycles. The summed E-state index contributed by atoms with van der Waals surface area (Å²) in [4.78, 5) is 11.4. The molecule has 0 heterocycles. The minimum atomic E-state index is -0.369. The van der Waals surface area contributed by atoms with Crippen LogP contribution < -0.4 is 0 Å². The number of hydrogen-bond acceptors (Lipinski definition) is 3. The first-order valence-electron chi connectivity index (χ1n) is 4.79. The Bertz CT molecular complexity index is 152. The molecule has 0 fully saturated rings. The Balaban J connectivity index is 3.62. The molecule has 0 aliphatic carbocycles. The van der Waals surface area contributed by atoms with Crippen molar-refractivity contribution in [2.45, 2.75) is 34.1 Å². The molecule has 0 unspecified atom stereocenters. The Morgan fingerprint density at radius 1 is 1.23 bits per heavy atom. The first kappa shape index (κ1) is 12.4. The van der Waals surface area contributed by atoms with E-state index in [1.54, 1.807) is 0 Å². The summed E-state index contributed by atoms with van der Waals surface area (Å²) in [6, 6.07) is 0. The fourth-order valence-corrected chi connectivity index (χ4v) is 0.677. The van der Waals surface area contributed by atoms with Crippen LogP contribution in [0.4, 0.5) is 0 Å². The molecule has 0 aliphatic rings. The molecule has 3 nitrogen and oxygen atoms in total. The van der Waals surface area contributed by atoms with Crippen molar-refractivity contribution in [3.8, 4) is 0 Å². The lowest BCUT2D eigenvalue weighted by atomic mass is 9.91. The third-order valence-electron chi connectivity index (χ3n) is 2.10. The van der Waals surface area contributed by atoms with Gasteiger partial charge in [0.25, 0.3) is 0 Å². The van der Waals surface area contributed by atoms with Crippen molar-refractivity contribution in [2.24, 2.45) is 5.41 Å². The highest BCUT2D eigenvalue weighted by Gasteiger charge is 2.26. The van der Waals surface area contributed by atoms with Crippen molar-refractivity contribution >= 4 is 5.97 Å². The van der Waals surface area contributed by atoms with Crippen molar-refractivity contribution in [1.82, 2.24) is 0 Å². The third kappa shape index (κ3) is 4.88. The number of hydrogen-bond donors (Lipinski definition) is 0. The quantitative estimate of drug-likeness (QED) is 0.472. The van der Waals surface area contributed by atoms with Gasteiger partial charge in [0.2, 0.25) is 0 Å². The van der Waals surface area contributed by atoms with E-state index in [0.717, 1.165) is 6.42 Å². The second-order valence-corrected chi connectivity index (χ2v) is 3.57. The Hall–Kier alpha value is -0.570. The van der Waals surface area contributed by atoms with Crippen LogP contribution in [0.5, 0.6) is 0 Å². The van der Waals surface area contributed by atoms with Gasteiger partial charge in [-0.3, -0.25) is 4.79 Å². The third-order valence-corrected chi connectivity index (χ3v) is 2.10. The molecule has 0 amide bonds. The van der Waals surface area contributed by atoms with Crippen molar-refractivity contribution in [2.75, 3.05) is 19.8 Å². The zero-order valence-electron chi connectivity index (χ0n) is 9.05. The van der Waals surface area contributed by atoms with Crippen LogP contribution >= 0.6 is 0 Å². The van der Waals surface area contributed by atoms with Gasteiger partial charge in [0.05, 0.1) is 12.0 Å². The van der Waals surface area contributed by atoms with Crippen molar-refractivity contribution in [3.05, 3.63) is 0 Å². The first-order chi connectivity index (χ1) is 6.04. The predicted octanol–water partition coefficient (Wildman–Crippen LogP) is 2.00. The second kappa shape index (κ2) is 5.97. The van der Waals surface area contributed by atoms with Gasteiger partial charge in [0, 0.05) is 6.61 Å². The molecule has 78 valence electrons. The standard InChI is InChI=1S/C10H20O3/c1-5-10(3,4)9(11)13-8-7-12-6-2/h5-8H2,1-4H3. The first-order valence-corrected chi connectivity index (χ1v) is 4.79. The SMILES string of the molecule is CCOCCOC(=O)C(C)(C)CC. The van der Waals surface area contributed by atoms with Crippen LogP contribution in [0.25, 0.3) is 0 Å². The number of esters is 1. The molecule has 0 atom stereocenters. The van der Waals surface area contributed by atoms with E-state index in [0.29, 0.717) is 19.8 Å². The van der Waals surface area contributed by atoms with E-state index in [9.17, 15) is 4.79 Å². The summed E-state index contributed by atoms with van der Waals surface area (Å²) in [6.07, 6.45) is 0.792. The van der Waals surface area contributed by atoms with Crippen LogP contribution in [-0.4, -0.2) is 25.8 Å². The molecule has 0 rings (SSSR count). The van der Waals surface area contributed by atoms with E-state index < -0.39 is 0 Å². The molecule has 0 bridgehead atoms. The summed E-state index contributed by atoms with van der Waals surface area (Å²) in [7, 11) is 0. The Labute approximate surface area is 80.4 Å². The lowest BCUT2D eigenvalue weighted by Gasteiger charge is -2.20. The van der Waals surface area contributed by atoms with Gasteiger partial charge in [-0.1, -0.05) is 6.92 Å². The largest absolute Gasteiger partial charge is 0.463 e. The monoisotopic (exact) mass is 188 g/mol. The molecule has 0 aromatic carbocycles. The van der Waals surface area contributed by atoms with E-state index >= 15 is 0 Å². The van der Waals surface area contributed by atoms with Crippen LogP contribution in [0.1, 0.15) is 34.1 Å². The molecule has 0 saturated heterocycles. The molecule has 13 heavy (non-hydrogen) atoms. The van der Waals surface area contributed by atoms with Crippen molar-refractivity contribution < 1.29 is 14.3 Å². The van der Waals surface area contributed by atoms with Crippen LogP contribution in [0.3, 0.4) is 0 Å². The highest BCUT2D eigenvalue weighted by molar-refractivity contribution is 5.75. The van der Waals surface area contributed by atoms with Crippen LogP contribution in [0, 0.1) is 5.41 Å². The van der Waals surface area contributed by atoms with Crippen LogP contribution in [0.2, 0.25) is 0 Å². The van der Waals surface area contributed by atoms with Crippen molar-refractivity contribution in [3.63, 3.8) is 0 Å². The molecular formula is C10H20O3. The zero-order valence-corrected chi connectivity index (χ0v) is 9.05. The highest BCUT2D eigenvalue weighted by Crippen LogP contribution is 2.21. The summed E-state index contributed by atoms with van der Waals surface area (Å²) in [5.41, 5.74) is -0.369. The maximum absolute atomic E-state index is 11.4. The van der Waals surface area contributed by atoms with E-state index in [1.807, 2.05) is 27.7 Å². The Kier molecular flexibility index (Phi) is 5.71. The molecule has 0 N–H and O–H groups in total. The molecule has 0 aromatic heterocycles. The lowest BCUT2D eigenvalue weighted by molar-refractivity contribution is -0.155. The molecule has 0 radical (unpaired) electrons. The summed E-state index contributed by atoms with van der Waals surface area (Å²) >= 11 is 0. The number of rotatable bonds is 6. The van der Waals surface area contributed by atoms with E-state index in [1.165, 1.54) is 0 Å². The molecule has 3 heteroatoms. The fraction of sp³-hybridized carbons (Fsp3) is 0.900. The summed E-state index contributed by atoms with van der Waals surface area (Å²) < 4.78 is 10.1. The van der Waals surface area contributed by atoms with E-state index in [2.05, 4.69) is 0 Å². The normalized spacial score (nSPS) is 11.4.